The molecule has 3 nitrogen and oxygen atoms in total. The van der Waals surface area contributed by atoms with Gasteiger partial charge < -0.3 is 9.47 Å². The minimum atomic E-state index is -0.350. The summed E-state index contributed by atoms with van der Waals surface area (Å²) in [6.07, 6.45) is 0.961. The summed E-state index contributed by atoms with van der Waals surface area (Å²) in [6, 6.07) is 14.6. The average molecular weight is 298 g/mol. The highest BCUT2D eigenvalue weighted by Crippen LogP contribution is 2.20. The monoisotopic (exact) mass is 298 g/mol. The van der Waals surface area contributed by atoms with E-state index in [2.05, 4.69) is 20.8 Å². The molecule has 0 aliphatic rings. The normalized spacial score (nSPS) is 10.5. The van der Waals surface area contributed by atoms with Gasteiger partial charge in [0.1, 0.15) is 11.5 Å². The Balaban J connectivity index is 1.99. The van der Waals surface area contributed by atoms with E-state index in [1.54, 1.807) is 36.4 Å². The van der Waals surface area contributed by atoms with Crippen LogP contribution in [0, 0.1) is 0 Å². The van der Waals surface area contributed by atoms with E-state index in [4.69, 9.17) is 9.47 Å². The van der Waals surface area contributed by atoms with Gasteiger partial charge in [0.05, 0.1) is 12.2 Å². The Kier molecular flexibility index (Phi) is 5.59. The van der Waals surface area contributed by atoms with Crippen LogP contribution in [0.25, 0.3) is 0 Å². The number of esters is 1. The molecule has 0 aliphatic heterocycles. The highest BCUT2D eigenvalue weighted by Gasteiger charge is 2.09. The number of ether oxygens (including phenoxy) is 2. The lowest BCUT2D eigenvalue weighted by molar-refractivity contribution is 0.0734. The molecule has 3 heteroatoms. The molecule has 2 aromatic carbocycles. The molecular weight excluding hydrogens is 276 g/mol. The molecule has 0 bridgehead atoms. The minimum Gasteiger partial charge on any atom is -0.494 e. The summed E-state index contributed by atoms with van der Waals surface area (Å²) in [7, 11) is 0. The maximum atomic E-state index is 12.1. The zero-order valence-corrected chi connectivity index (χ0v) is 13.3. The van der Waals surface area contributed by atoms with E-state index < -0.39 is 0 Å². The Bertz CT molecular complexity index is 598. The van der Waals surface area contributed by atoms with Gasteiger partial charge in [-0.1, -0.05) is 32.9 Å². The van der Waals surface area contributed by atoms with Gasteiger partial charge in [0.2, 0.25) is 0 Å². The third-order valence-corrected chi connectivity index (χ3v) is 3.32. The quantitative estimate of drug-likeness (QED) is 0.566. The van der Waals surface area contributed by atoms with Gasteiger partial charge in [0.25, 0.3) is 0 Å². The minimum absolute atomic E-state index is 0.350. The smallest absolute Gasteiger partial charge is 0.343 e. The number of benzene rings is 2. The van der Waals surface area contributed by atoms with Gasteiger partial charge >= 0.3 is 5.97 Å². The van der Waals surface area contributed by atoms with Crippen LogP contribution < -0.4 is 9.47 Å². The highest BCUT2D eigenvalue weighted by atomic mass is 16.5. The maximum absolute atomic E-state index is 12.1. The Hall–Kier alpha value is -2.29. The zero-order valence-electron chi connectivity index (χ0n) is 13.3. The van der Waals surface area contributed by atoms with Crippen LogP contribution in [-0.2, 0) is 0 Å². The molecule has 22 heavy (non-hydrogen) atoms. The summed E-state index contributed by atoms with van der Waals surface area (Å²) < 4.78 is 10.9. The van der Waals surface area contributed by atoms with Gasteiger partial charge in [-0.15, -0.1) is 0 Å². The molecule has 0 aromatic heterocycles. The lowest BCUT2D eigenvalue weighted by atomic mass is 10.0. The molecular formula is C19H22O3. The molecule has 0 amide bonds. The van der Waals surface area contributed by atoms with E-state index in [0.29, 0.717) is 23.8 Å². The van der Waals surface area contributed by atoms with Crippen molar-refractivity contribution in [2.75, 3.05) is 6.61 Å². The van der Waals surface area contributed by atoms with Crippen LogP contribution in [0.15, 0.2) is 48.5 Å². The van der Waals surface area contributed by atoms with Crippen LogP contribution in [-0.4, -0.2) is 12.6 Å². The fourth-order valence-electron chi connectivity index (χ4n) is 1.99. The summed E-state index contributed by atoms with van der Waals surface area (Å²) in [6.45, 7) is 6.98. The first-order valence-electron chi connectivity index (χ1n) is 7.65. The summed E-state index contributed by atoms with van der Waals surface area (Å²) in [5.41, 5.74) is 1.75. The molecule has 0 spiro atoms. The van der Waals surface area contributed by atoms with E-state index in [0.717, 1.165) is 12.2 Å². The van der Waals surface area contributed by atoms with Crippen molar-refractivity contribution in [2.45, 2.75) is 33.1 Å². The fraction of sp³-hybridized carbons (Fsp3) is 0.316. The van der Waals surface area contributed by atoms with Crippen LogP contribution in [0.4, 0.5) is 0 Å². The summed E-state index contributed by atoms with van der Waals surface area (Å²) >= 11 is 0. The molecule has 0 saturated carbocycles. The molecule has 2 aromatic rings. The lowest BCUT2D eigenvalue weighted by Crippen LogP contribution is -2.08. The van der Waals surface area contributed by atoms with Crippen molar-refractivity contribution in [1.29, 1.82) is 0 Å². The fourth-order valence-corrected chi connectivity index (χ4v) is 1.99. The van der Waals surface area contributed by atoms with E-state index in [-0.39, 0.29) is 5.97 Å². The van der Waals surface area contributed by atoms with Crippen LogP contribution in [0.5, 0.6) is 11.5 Å². The summed E-state index contributed by atoms with van der Waals surface area (Å²) in [4.78, 5) is 12.1. The van der Waals surface area contributed by atoms with Crippen molar-refractivity contribution in [1.82, 2.24) is 0 Å². The lowest BCUT2D eigenvalue weighted by Gasteiger charge is -2.08. The third kappa shape index (κ3) is 4.35. The molecule has 0 heterocycles. The van der Waals surface area contributed by atoms with Gasteiger partial charge in [0, 0.05) is 0 Å². The van der Waals surface area contributed by atoms with Crippen molar-refractivity contribution in [3.05, 3.63) is 59.7 Å². The Morgan fingerprint density at radius 1 is 0.955 bits per heavy atom. The van der Waals surface area contributed by atoms with Gasteiger partial charge in [-0.25, -0.2) is 4.79 Å². The second kappa shape index (κ2) is 7.64. The molecule has 2 rings (SSSR count). The molecule has 116 valence electrons. The maximum Gasteiger partial charge on any atom is 0.343 e. The molecule has 0 atom stereocenters. The SMILES string of the molecule is CCCOc1ccc(OC(=O)c2ccc(C(C)C)cc2)cc1. The average Bonchev–Trinajstić information content (AvgIpc) is 2.54. The molecule has 0 saturated heterocycles. The third-order valence-electron chi connectivity index (χ3n) is 3.32. The van der Waals surface area contributed by atoms with E-state index in [9.17, 15) is 4.79 Å². The number of carbonyl (C=O) groups excluding carboxylic acids is 1. The second-order valence-electron chi connectivity index (χ2n) is 5.49. The zero-order chi connectivity index (χ0) is 15.9. The number of rotatable bonds is 6. The standard InChI is InChI=1S/C19H22O3/c1-4-13-21-17-9-11-18(12-10-17)22-19(20)16-7-5-15(6-8-16)14(2)3/h5-12,14H,4,13H2,1-3H3. The topological polar surface area (TPSA) is 35.5 Å². The predicted molar refractivity (Wildman–Crippen MR) is 87.7 cm³/mol. The first-order valence-corrected chi connectivity index (χ1v) is 7.65. The van der Waals surface area contributed by atoms with Crippen LogP contribution in [0.1, 0.15) is 49.0 Å². The van der Waals surface area contributed by atoms with Crippen molar-refractivity contribution in [2.24, 2.45) is 0 Å². The van der Waals surface area contributed by atoms with Crippen molar-refractivity contribution in [3.63, 3.8) is 0 Å². The van der Waals surface area contributed by atoms with Crippen molar-refractivity contribution < 1.29 is 14.3 Å². The van der Waals surface area contributed by atoms with Gasteiger partial charge in [-0.2, -0.15) is 0 Å². The van der Waals surface area contributed by atoms with Crippen molar-refractivity contribution in [3.8, 4) is 11.5 Å². The molecule has 0 aliphatic carbocycles. The highest BCUT2D eigenvalue weighted by molar-refractivity contribution is 5.91. The van der Waals surface area contributed by atoms with E-state index >= 15 is 0 Å². The van der Waals surface area contributed by atoms with Gasteiger partial charge in [0.15, 0.2) is 0 Å². The Morgan fingerprint density at radius 3 is 2.09 bits per heavy atom. The Morgan fingerprint density at radius 2 is 1.55 bits per heavy atom. The van der Waals surface area contributed by atoms with Gasteiger partial charge in [-0.05, 0) is 54.3 Å². The Labute approximate surface area is 131 Å². The van der Waals surface area contributed by atoms with Crippen molar-refractivity contribution >= 4 is 5.97 Å². The van der Waals surface area contributed by atoms with Crippen LogP contribution >= 0.6 is 0 Å². The molecule has 0 unspecified atom stereocenters. The number of hydrogen-bond acceptors (Lipinski definition) is 3. The van der Waals surface area contributed by atoms with E-state index in [1.165, 1.54) is 5.56 Å². The second-order valence-corrected chi connectivity index (χ2v) is 5.49. The predicted octanol–water partition coefficient (Wildman–Crippen LogP) is 4.82. The number of hydrogen-bond donors (Lipinski definition) is 0. The van der Waals surface area contributed by atoms with Gasteiger partial charge in [-0.3, -0.25) is 0 Å². The largest absolute Gasteiger partial charge is 0.494 e. The first kappa shape index (κ1) is 16.1. The summed E-state index contributed by atoms with van der Waals surface area (Å²) in [5.74, 6) is 1.39. The summed E-state index contributed by atoms with van der Waals surface area (Å²) in [5, 5.41) is 0. The first-order chi connectivity index (χ1) is 10.6. The van der Waals surface area contributed by atoms with Crippen LogP contribution in [0.2, 0.25) is 0 Å². The van der Waals surface area contributed by atoms with E-state index in [1.807, 2.05) is 12.1 Å². The molecule has 0 fully saturated rings. The molecule has 0 N–H and O–H groups in total. The molecule has 0 radical (unpaired) electrons. The number of carbonyl (C=O) groups is 1. The van der Waals surface area contributed by atoms with Crippen LogP contribution in [0.3, 0.4) is 0 Å².